The Kier molecular flexibility index (Phi) is 7.31. The van der Waals surface area contributed by atoms with Crippen molar-refractivity contribution < 1.29 is 0 Å². The van der Waals surface area contributed by atoms with Crippen LogP contribution in [0.25, 0.3) is 0 Å². The molecule has 1 aliphatic carbocycles. The predicted octanol–water partition coefficient (Wildman–Crippen LogP) is 5.12. The average Bonchev–Trinajstić information content (AvgIpc) is 2.61. The second kappa shape index (κ2) is 9.23. The Labute approximate surface area is 150 Å². The Morgan fingerprint density at radius 1 is 0.917 bits per heavy atom. The zero-order valence-electron chi connectivity index (χ0n) is 14.9. The van der Waals surface area contributed by atoms with Gasteiger partial charge >= 0.3 is 0 Å². The highest BCUT2D eigenvalue weighted by atomic mass is 31.1. The molecule has 0 saturated heterocycles. The number of hydrogen-bond donors (Lipinski definition) is 0. The lowest BCUT2D eigenvalue weighted by atomic mass is 9.83. The molecule has 2 aromatic carbocycles. The quantitative estimate of drug-likeness (QED) is 0.405. The molecule has 1 atom stereocenters. The topological polar surface area (TPSA) is 0 Å². The summed E-state index contributed by atoms with van der Waals surface area (Å²) in [5, 5.41) is 3.00. The molecule has 3 rings (SSSR count). The van der Waals surface area contributed by atoms with Crippen LogP contribution >= 0.6 is 7.92 Å². The lowest BCUT2D eigenvalue weighted by Gasteiger charge is -2.27. The minimum Gasteiger partial charge on any atom is -0.0847 e. The fraction of sp³-hybridized carbons (Fsp3) is 0.364. The summed E-state index contributed by atoms with van der Waals surface area (Å²) in [5.41, 5.74) is 1.68. The maximum atomic E-state index is 2.55. The van der Waals surface area contributed by atoms with Crippen LogP contribution in [-0.2, 0) is 0 Å². The molecule has 0 unspecified atom stereocenters. The molecule has 0 nitrogen and oxygen atoms in total. The molecule has 1 aliphatic rings. The normalized spacial score (nSPS) is 17.5. The molecule has 0 amide bonds. The minimum atomic E-state index is -0.272. The Hall–Kier alpha value is -1.33. The predicted molar refractivity (Wildman–Crippen MR) is 110 cm³/mol. The van der Waals surface area contributed by atoms with Crippen LogP contribution in [0.15, 0.2) is 72.3 Å². The molecule has 0 heterocycles. The summed E-state index contributed by atoms with van der Waals surface area (Å²) < 4.78 is 0. The van der Waals surface area contributed by atoms with Crippen LogP contribution in [0, 0.1) is 11.8 Å². The first-order chi connectivity index (χ1) is 11.2. The molecule has 24 heavy (non-hydrogen) atoms. The summed E-state index contributed by atoms with van der Waals surface area (Å²) in [4.78, 5) is 0. The second-order valence-electron chi connectivity index (χ2n) is 6.90. The summed E-state index contributed by atoms with van der Waals surface area (Å²) in [6.45, 7) is 4.73. The third-order valence-corrected chi connectivity index (χ3v) is 7.55. The van der Waals surface area contributed by atoms with Gasteiger partial charge in [-0.25, -0.2) is 0 Å². The summed E-state index contributed by atoms with van der Waals surface area (Å²) in [5.74, 6) is 1.70. The lowest BCUT2D eigenvalue weighted by Crippen LogP contribution is -2.17. The summed E-state index contributed by atoms with van der Waals surface area (Å²) in [6.07, 6.45) is 7.72. The van der Waals surface area contributed by atoms with E-state index in [4.69, 9.17) is 0 Å². The Morgan fingerprint density at radius 3 is 1.88 bits per heavy atom. The van der Waals surface area contributed by atoms with Crippen LogP contribution in [0.3, 0.4) is 0 Å². The van der Waals surface area contributed by atoms with Crippen molar-refractivity contribution in [3.05, 3.63) is 72.3 Å². The monoisotopic (exact) mass is 333 g/mol. The van der Waals surface area contributed by atoms with E-state index < -0.39 is 0 Å². The van der Waals surface area contributed by atoms with Crippen LogP contribution < -0.4 is 10.6 Å². The van der Waals surface area contributed by atoms with Crippen molar-refractivity contribution in [2.24, 2.45) is 11.8 Å². The van der Waals surface area contributed by atoms with E-state index in [1.165, 1.54) is 36.0 Å². The number of rotatable bonds is 5. The average molecular weight is 333 g/mol. The van der Waals surface area contributed by atoms with E-state index in [2.05, 4.69) is 80.6 Å². The van der Waals surface area contributed by atoms with Gasteiger partial charge in [0.2, 0.25) is 0 Å². The lowest BCUT2D eigenvalue weighted by molar-refractivity contribution is 0.351. The highest BCUT2D eigenvalue weighted by Gasteiger charge is 2.21. The summed E-state index contributed by atoms with van der Waals surface area (Å²) in [6, 6.07) is 22.2. The first kappa shape index (κ1) is 19.0. The fourth-order valence-electron chi connectivity index (χ4n) is 3.41. The zero-order chi connectivity index (χ0) is 16.1. The first-order valence-electron chi connectivity index (χ1n) is 8.79. The van der Waals surface area contributed by atoms with E-state index in [0.29, 0.717) is 0 Å². The molecule has 0 N–H and O–H groups in total. The number of benzene rings is 2. The molecule has 0 spiro atoms. The maximum Gasteiger partial charge on any atom is 0 e. The van der Waals surface area contributed by atoms with Gasteiger partial charge in [-0.15, -0.1) is 0 Å². The van der Waals surface area contributed by atoms with Crippen LogP contribution in [0.4, 0.5) is 0 Å². The molecule has 0 saturated carbocycles. The van der Waals surface area contributed by atoms with Crippen molar-refractivity contribution >= 4 is 26.9 Å². The van der Waals surface area contributed by atoms with Crippen LogP contribution in [0.2, 0.25) is 0 Å². The Balaban J connectivity index is 0.00000208. The molecular formula is C22H27BP. The molecule has 3 radical (unpaired) electrons. The number of hydrogen-bond acceptors (Lipinski definition) is 0. The van der Waals surface area contributed by atoms with Gasteiger partial charge in [0.15, 0.2) is 0 Å². The highest BCUT2D eigenvalue weighted by molar-refractivity contribution is 7.73. The van der Waals surface area contributed by atoms with Gasteiger partial charge in [0, 0.05) is 8.41 Å². The fourth-order valence-corrected chi connectivity index (χ4v) is 5.83. The zero-order valence-corrected chi connectivity index (χ0v) is 15.8. The van der Waals surface area contributed by atoms with Gasteiger partial charge in [0.25, 0.3) is 0 Å². The summed E-state index contributed by atoms with van der Waals surface area (Å²) in [7, 11) is -0.272. The van der Waals surface area contributed by atoms with Crippen LogP contribution in [-0.4, -0.2) is 14.6 Å². The van der Waals surface area contributed by atoms with Gasteiger partial charge in [-0.2, -0.15) is 0 Å². The van der Waals surface area contributed by atoms with Gasteiger partial charge in [-0.3, -0.25) is 0 Å². The largest absolute Gasteiger partial charge is 0.0847 e. The van der Waals surface area contributed by atoms with Crippen molar-refractivity contribution in [3.8, 4) is 0 Å². The van der Waals surface area contributed by atoms with Crippen LogP contribution in [0.1, 0.15) is 33.1 Å². The Bertz CT molecular complexity index is 594. The van der Waals surface area contributed by atoms with Gasteiger partial charge < -0.3 is 0 Å². The molecule has 0 bridgehead atoms. The van der Waals surface area contributed by atoms with Gasteiger partial charge in [-0.1, -0.05) is 86.2 Å². The van der Waals surface area contributed by atoms with Gasteiger partial charge in [-0.05, 0) is 55.8 Å². The number of allylic oxidation sites excluding steroid dienone is 2. The summed E-state index contributed by atoms with van der Waals surface area (Å²) >= 11 is 0. The molecule has 0 aliphatic heterocycles. The third-order valence-electron chi connectivity index (χ3n) is 4.99. The van der Waals surface area contributed by atoms with E-state index in [1.54, 1.807) is 5.57 Å². The van der Waals surface area contributed by atoms with E-state index in [9.17, 15) is 0 Å². The van der Waals surface area contributed by atoms with E-state index in [0.717, 1.165) is 11.8 Å². The SMILES string of the molecule is CC(C)[C@@H]1CC=C(CP(c2ccccc2)c2ccccc2)CC1.[B]. The van der Waals surface area contributed by atoms with Gasteiger partial charge in [0.1, 0.15) is 0 Å². The highest BCUT2D eigenvalue weighted by Crippen LogP contribution is 2.39. The Morgan fingerprint density at radius 2 is 1.46 bits per heavy atom. The molecule has 2 heteroatoms. The molecule has 0 fully saturated rings. The van der Waals surface area contributed by atoms with Crippen molar-refractivity contribution in [2.45, 2.75) is 33.1 Å². The van der Waals surface area contributed by atoms with Crippen LogP contribution in [0.5, 0.6) is 0 Å². The molecule has 0 aromatic heterocycles. The molecular weight excluding hydrogens is 306 g/mol. The first-order valence-corrected chi connectivity index (χ1v) is 10.3. The van der Waals surface area contributed by atoms with Gasteiger partial charge in [0.05, 0.1) is 0 Å². The molecule has 123 valence electrons. The van der Waals surface area contributed by atoms with Crippen molar-refractivity contribution in [3.63, 3.8) is 0 Å². The molecule has 2 aromatic rings. The third kappa shape index (κ3) is 4.84. The van der Waals surface area contributed by atoms with Crippen molar-refractivity contribution in [1.29, 1.82) is 0 Å². The van der Waals surface area contributed by atoms with Crippen molar-refractivity contribution in [2.75, 3.05) is 6.16 Å². The minimum absolute atomic E-state index is 0. The smallest absolute Gasteiger partial charge is 0 e. The van der Waals surface area contributed by atoms with E-state index >= 15 is 0 Å². The van der Waals surface area contributed by atoms with Crippen molar-refractivity contribution in [1.82, 2.24) is 0 Å². The standard InChI is InChI=1S/C22H27P.B/c1-18(2)20-15-13-19(14-16-20)17-23(21-9-5-3-6-10-21)22-11-7-4-8-12-22;/h3-13,18,20H,14-17H2,1-2H3;/t20-;/m1./s1. The second-order valence-corrected chi connectivity index (χ2v) is 9.10. The maximum absolute atomic E-state index is 2.55. The van der Waals surface area contributed by atoms with E-state index in [1.807, 2.05) is 0 Å². The van der Waals surface area contributed by atoms with E-state index in [-0.39, 0.29) is 16.3 Å².